The first-order valence-electron chi connectivity index (χ1n) is 22.9. The van der Waals surface area contributed by atoms with E-state index in [0.717, 1.165) is 12.0 Å². The van der Waals surface area contributed by atoms with Gasteiger partial charge in [0.05, 0.1) is 49.3 Å². The van der Waals surface area contributed by atoms with Gasteiger partial charge < -0.3 is 52.8 Å². The van der Waals surface area contributed by atoms with Gasteiger partial charge in [-0.1, -0.05) is 76.1 Å². The summed E-state index contributed by atoms with van der Waals surface area (Å²) in [4.78, 5) is 19.6. The van der Waals surface area contributed by atoms with Crippen LogP contribution in [0.2, 0.25) is 0 Å². The molecule has 14 heteroatoms. The SMILES string of the molecule is CC[C@@H](C)[C@H]1O[C@]2(C=C[C@@H]1C)C[C@@H]1C[C@@H](C/C=C(\C)[C@@H](C3C[C@H](OC)[C@@H](O[C@H]4C[C@H](OC)[C@@H](ON)[C@H](C)O4)[C@H](C)O3)[C@@H](C)/C=C/C=C3\CO[C@@H]4[C@H](O)C(C)=C[C@@H](C(=O)O1)[C@]34O)O2. The van der Waals surface area contributed by atoms with Crippen LogP contribution in [-0.4, -0.2) is 128 Å². The summed E-state index contributed by atoms with van der Waals surface area (Å²) in [6, 6.07) is 0. The Hall–Kier alpha value is -2.31. The van der Waals surface area contributed by atoms with Gasteiger partial charge in [-0.15, -0.1) is 0 Å². The van der Waals surface area contributed by atoms with Crippen LogP contribution in [0.3, 0.4) is 0 Å². The van der Waals surface area contributed by atoms with Crippen LogP contribution < -0.4 is 5.90 Å². The Morgan fingerprint density at radius 1 is 0.935 bits per heavy atom. The normalized spacial score (nSPS) is 49.1. The number of carbonyl (C=O) groups is 1. The summed E-state index contributed by atoms with van der Waals surface area (Å²) in [5.41, 5.74) is 0.350. The van der Waals surface area contributed by atoms with E-state index in [1.807, 2.05) is 32.1 Å². The number of methoxy groups -OCH3 is 2. The summed E-state index contributed by atoms with van der Waals surface area (Å²) in [6.45, 7) is 16.5. The molecule has 0 aromatic heterocycles. The summed E-state index contributed by atoms with van der Waals surface area (Å²) >= 11 is 0. The summed E-state index contributed by atoms with van der Waals surface area (Å²) in [6.07, 6.45) is 11.0. The second kappa shape index (κ2) is 19.7. The summed E-state index contributed by atoms with van der Waals surface area (Å²) in [5.74, 6) is 3.12. The van der Waals surface area contributed by atoms with E-state index in [-0.39, 0.29) is 73.0 Å². The van der Waals surface area contributed by atoms with Gasteiger partial charge in [-0.25, -0.2) is 5.90 Å². The molecule has 4 saturated heterocycles. The molecule has 1 aliphatic carbocycles. The lowest BCUT2D eigenvalue weighted by Gasteiger charge is -2.48. The molecule has 4 N–H and O–H groups in total. The van der Waals surface area contributed by atoms with E-state index < -0.39 is 60.1 Å². The molecule has 6 heterocycles. The van der Waals surface area contributed by atoms with E-state index in [2.05, 4.69) is 52.8 Å². The third-order valence-electron chi connectivity index (χ3n) is 15.0. The van der Waals surface area contributed by atoms with Crippen LogP contribution >= 0.6 is 0 Å². The summed E-state index contributed by atoms with van der Waals surface area (Å²) in [5, 5.41) is 23.8. The molecule has 0 aromatic carbocycles. The van der Waals surface area contributed by atoms with Gasteiger partial charge in [0.15, 0.2) is 12.1 Å². The molecule has 348 valence electrons. The fraction of sp³-hybridized carbons (Fsp3) is 0.771. The number of rotatable bonds is 8. The number of aliphatic hydroxyl groups excluding tert-OH is 1. The van der Waals surface area contributed by atoms with Crippen molar-refractivity contribution >= 4 is 5.97 Å². The van der Waals surface area contributed by atoms with Crippen molar-refractivity contribution in [1.82, 2.24) is 0 Å². The molecule has 2 bridgehead atoms. The van der Waals surface area contributed by atoms with Crippen LogP contribution in [0.5, 0.6) is 0 Å². The van der Waals surface area contributed by atoms with Gasteiger partial charge >= 0.3 is 5.97 Å². The highest BCUT2D eigenvalue weighted by Gasteiger charge is 2.60. The molecule has 14 nitrogen and oxygen atoms in total. The molecule has 20 atom stereocenters. The molecule has 7 rings (SSSR count). The van der Waals surface area contributed by atoms with Crippen LogP contribution in [0.1, 0.15) is 93.9 Å². The van der Waals surface area contributed by atoms with E-state index in [0.29, 0.717) is 43.3 Å². The highest BCUT2D eigenvalue weighted by atomic mass is 16.7. The van der Waals surface area contributed by atoms with Gasteiger partial charge in [-0.2, -0.15) is 0 Å². The lowest BCUT2D eigenvalue weighted by molar-refractivity contribution is -0.303. The number of ether oxygens (including phenoxy) is 9. The average Bonchev–Trinajstić information content (AvgIpc) is 3.58. The standard InChI is InChI=1S/C48H73NO13/c1-11-25(2)42-28(5)17-18-47(61-42)23-34-20-33(60-47)16-15-27(4)40(26(3)13-12-14-32-24-55-45-41(50)29(6)19-35(46(51)58-34)48(32,45)52)36-21-37(53-9)43(30(7)56-36)59-39-22-38(54-10)44(62-49)31(8)57-39/h12-15,17-19,25-26,28,30-31,33-45,50,52H,11,16,20-24,49H2,1-10H3/b13-12+,27-15+,32-14+/t25-,26+,28+,30+,31+,33-,34+,35+,36?,37+,38+,39+,40+,41-,42-,43+,44+,45-,47-,48-/m1/s1. The van der Waals surface area contributed by atoms with Crippen molar-refractivity contribution in [3.05, 3.63) is 59.3 Å². The van der Waals surface area contributed by atoms with Gasteiger partial charge in [0.2, 0.25) is 0 Å². The average molecular weight is 872 g/mol. The highest BCUT2D eigenvalue weighted by Crippen LogP contribution is 2.47. The largest absolute Gasteiger partial charge is 0.462 e. The lowest BCUT2D eigenvalue weighted by Crippen LogP contribution is -2.58. The zero-order valence-electron chi connectivity index (χ0n) is 38.3. The van der Waals surface area contributed by atoms with Crippen LogP contribution in [-0.2, 0) is 52.3 Å². The van der Waals surface area contributed by atoms with Crippen molar-refractivity contribution in [2.75, 3.05) is 20.8 Å². The summed E-state index contributed by atoms with van der Waals surface area (Å²) < 4.78 is 58.0. The molecule has 62 heavy (non-hydrogen) atoms. The fourth-order valence-electron chi connectivity index (χ4n) is 11.2. The Labute approximate surface area is 368 Å². The highest BCUT2D eigenvalue weighted by molar-refractivity contribution is 5.78. The topological polar surface area (TPSA) is 176 Å². The molecule has 7 aliphatic rings. The van der Waals surface area contributed by atoms with Crippen LogP contribution in [0.15, 0.2) is 59.3 Å². The Morgan fingerprint density at radius 3 is 2.37 bits per heavy atom. The first kappa shape index (κ1) is 47.6. The quantitative estimate of drug-likeness (QED) is 0.157. The van der Waals surface area contributed by atoms with Crippen LogP contribution in [0.25, 0.3) is 0 Å². The molecular weight excluding hydrogens is 799 g/mol. The minimum atomic E-state index is -1.82. The van der Waals surface area contributed by atoms with Gasteiger partial charge in [0, 0.05) is 51.7 Å². The van der Waals surface area contributed by atoms with E-state index >= 15 is 0 Å². The van der Waals surface area contributed by atoms with E-state index in [9.17, 15) is 15.0 Å². The number of nitrogens with two attached hydrogens (primary N) is 1. The van der Waals surface area contributed by atoms with Gasteiger partial charge in [0.25, 0.3) is 0 Å². The third-order valence-corrected chi connectivity index (χ3v) is 15.0. The minimum Gasteiger partial charge on any atom is -0.462 e. The number of hydrogen-bond donors (Lipinski definition) is 3. The van der Waals surface area contributed by atoms with Gasteiger partial charge in [-0.05, 0) is 63.2 Å². The number of fused-ring (bicyclic) bond motifs is 2. The Kier molecular flexibility index (Phi) is 15.1. The monoisotopic (exact) mass is 872 g/mol. The molecule has 0 aromatic rings. The van der Waals surface area contributed by atoms with Crippen LogP contribution in [0, 0.1) is 29.6 Å². The third kappa shape index (κ3) is 9.37. The van der Waals surface area contributed by atoms with E-state index in [4.69, 9.17) is 53.4 Å². The van der Waals surface area contributed by atoms with Crippen LogP contribution in [0.4, 0.5) is 0 Å². The number of carbonyl (C=O) groups excluding carboxylic acids is 1. The Balaban J connectivity index is 1.22. The predicted octanol–water partition coefficient (Wildman–Crippen LogP) is 5.55. The number of hydrogen-bond acceptors (Lipinski definition) is 14. The molecule has 6 aliphatic heterocycles. The van der Waals surface area contributed by atoms with Gasteiger partial charge in [0.1, 0.15) is 42.0 Å². The van der Waals surface area contributed by atoms with Gasteiger partial charge in [-0.3, -0.25) is 9.63 Å². The fourth-order valence-corrected chi connectivity index (χ4v) is 11.2. The molecule has 0 amide bonds. The van der Waals surface area contributed by atoms with E-state index in [1.54, 1.807) is 27.2 Å². The molecule has 1 unspecified atom stereocenters. The first-order valence-corrected chi connectivity index (χ1v) is 22.9. The van der Waals surface area contributed by atoms with Crippen molar-refractivity contribution < 1.29 is 62.5 Å². The van der Waals surface area contributed by atoms with Crippen molar-refractivity contribution in [2.45, 2.75) is 185 Å². The molecule has 1 spiro atoms. The maximum atomic E-state index is 14.4. The van der Waals surface area contributed by atoms with Crippen molar-refractivity contribution in [3.8, 4) is 0 Å². The Morgan fingerprint density at radius 2 is 1.66 bits per heavy atom. The van der Waals surface area contributed by atoms with Crippen molar-refractivity contribution in [2.24, 2.45) is 35.5 Å². The first-order chi connectivity index (χ1) is 29.6. The second-order valence-corrected chi connectivity index (χ2v) is 19.1. The Bertz CT molecular complexity index is 1730. The molecular formula is C48H73NO13. The summed E-state index contributed by atoms with van der Waals surface area (Å²) in [7, 11) is 3.33. The van der Waals surface area contributed by atoms with E-state index in [1.165, 1.54) is 0 Å². The zero-order chi connectivity index (χ0) is 44.7. The number of aliphatic hydroxyl groups is 2. The number of allylic oxidation sites excluding steroid dienone is 3. The lowest BCUT2D eigenvalue weighted by atomic mass is 9.71. The minimum absolute atomic E-state index is 0.0507. The molecule has 0 radical (unpaired) electrons. The maximum Gasteiger partial charge on any atom is 0.316 e. The van der Waals surface area contributed by atoms with Crippen molar-refractivity contribution in [1.29, 1.82) is 0 Å². The van der Waals surface area contributed by atoms with Crippen molar-refractivity contribution in [3.63, 3.8) is 0 Å². The zero-order valence-corrected chi connectivity index (χ0v) is 38.3. The predicted molar refractivity (Wildman–Crippen MR) is 229 cm³/mol. The molecule has 0 saturated carbocycles. The maximum absolute atomic E-state index is 14.4. The molecule has 4 fully saturated rings. The smallest absolute Gasteiger partial charge is 0.316 e. The number of esters is 1. The second-order valence-electron chi connectivity index (χ2n) is 19.1.